The summed E-state index contributed by atoms with van der Waals surface area (Å²) in [5.41, 5.74) is 0. The third kappa shape index (κ3) is 0.764. The Bertz CT molecular complexity index is 266. The molecule has 0 aromatic rings. The largest absolute Gasteiger partial charge is 0.390 e. The Kier molecular flexibility index (Phi) is 0.536. The van der Waals surface area contributed by atoms with Crippen LogP contribution in [0.5, 0.6) is 0 Å². The van der Waals surface area contributed by atoms with Gasteiger partial charge in [0.2, 0.25) is 0 Å². The topological polar surface area (TPSA) is 38.7 Å². The van der Waals surface area contributed by atoms with Crippen LogP contribution >= 0.6 is 0 Å². The fraction of sp³-hybridized carbons (Fsp3) is 1.00. The third-order valence-corrected chi connectivity index (χ3v) is 1.42. The highest BCUT2D eigenvalue weighted by Gasteiger charge is 2.40. The van der Waals surface area contributed by atoms with E-state index in [0.717, 1.165) is 0 Å². The van der Waals surface area contributed by atoms with Crippen LogP contribution in [0.25, 0.3) is 0 Å². The van der Waals surface area contributed by atoms with Gasteiger partial charge in [-0.1, -0.05) is 0 Å². The van der Waals surface area contributed by atoms with Crippen molar-refractivity contribution >= 4 is 0 Å². The van der Waals surface area contributed by atoms with Crippen LogP contribution in [-0.2, 0) is 9.47 Å². The number of fused-ring (bicyclic) bond motifs is 1. The van der Waals surface area contributed by atoms with Gasteiger partial charge in [-0.25, -0.2) is 0 Å². The van der Waals surface area contributed by atoms with Crippen LogP contribution in [-0.4, -0.2) is 30.6 Å². The van der Waals surface area contributed by atoms with E-state index in [1.807, 2.05) is 0 Å². The van der Waals surface area contributed by atoms with Crippen molar-refractivity contribution in [3.8, 4) is 0 Å². The maximum Gasteiger partial charge on any atom is 0.163 e. The van der Waals surface area contributed by atoms with Gasteiger partial charge in [0, 0.05) is 8.66 Å². The monoisotopic (exact) mass is 135 g/mol. The maximum absolute atomic E-state index is 9.49. The molecule has 3 nitrogen and oxygen atoms in total. The Labute approximate surface area is 60.6 Å². The molecule has 0 saturated carbocycles. The highest BCUT2D eigenvalue weighted by Crippen LogP contribution is 2.30. The number of hydrogen-bond acceptors (Lipinski definition) is 3. The van der Waals surface area contributed by atoms with E-state index in [4.69, 9.17) is 11.6 Å². The number of ether oxygens (including phenoxy) is 2. The van der Waals surface area contributed by atoms with Gasteiger partial charge in [-0.2, -0.15) is 0 Å². The van der Waals surface area contributed by atoms with Gasteiger partial charge in [0.25, 0.3) is 0 Å². The molecule has 3 atom stereocenters. The lowest BCUT2D eigenvalue weighted by Crippen LogP contribution is -2.18. The second kappa shape index (κ2) is 1.94. The van der Waals surface area contributed by atoms with Gasteiger partial charge in [-0.15, -0.1) is 0 Å². The Morgan fingerprint density at radius 1 is 1.67 bits per heavy atom. The van der Waals surface area contributed by atoms with E-state index in [1.165, 1.54) is 0 Å². The van der Waals surface area contributed by atoms with Gasteiger partial charge in [-0.05, 0) is 6.37 Å². The summed E-state index contributed by atoms with van der Waals surface area (Å²) < 4.78 is 46.4. The molecule has 0 bridgehead atoms. The van der Waals surface area contributed by atoms with Crippen molar-refractivity contribution in [1.29, 1.82) is 0 Å². The van der Waals surface area contributed by atoms with Crippen LogP contribution in [0, 0.1) is 5.92 Å². The van der Waals surface area contributed by atoms with Crippen LogP contribution in [0.15, 0.2) is 0 Å². The van der Waals surface area contributed by atoms with Crippen molar-refractivity contribution in [3.63, 3.8) is 0 Å². The van der Waals surface area contributed by atoms with Gasteiger partial charge < -0.3 is 14.6 Å². The maximum atomic E-state index is 9.49. The van der Waals surface area contributed by atoms with Crippen molar-refractivity contribution in [2.24, 2.45) is 5.92 Å². The average Bonchev–Trinajstić information content (AvgIpc) is 2.32. The number of aliphatic hydroxyl groups is 1. The molecule has 2 aliphatic heterocycles. The van der Waals surface area contributed by atoms with Gasteiger partial charge >= 0.3 is 0 Å². The summed E-state index contributed by atoms with van der Waals surface area (Å²) in [5, 5.41) is 9.49. The summed E-state index contributed by atoms with van der Waals surface area (Å²) in [6, 6.07) is 0. The SMILES string of the molecule is [2H]C1([2H])O[C@@H]2OC[C@]([2H])(O)[C@@H]2C1([2H])[2H]. The van der Waals surface area contributed by atoms with Gasteiger partial charge in [0.05, 0.1) is 23.4 Å². The molecule has 3 heteroatoms. The summed E-state index contributed by atoms with van der Waals surface area (Å²) in [5.74, 6) is -1.31. The molecular weight excluding hydrogens is 120 g/mol. The molecule has 9 heavy (non-hydrogen) atoms. The minimum absolute atomic E-state index is 0.363. The van der Waals surface area contributed by atoms with E-state index >= 15 is 0 Å². The third-order valence-electron chi connectivity index (χ3n) is 1.42. The standard InChI is InChI=1S/C6H10O3/c7-5-3-9-6-4(5)1-2-8-6/h4-7H,1-3H2/t4-,5-,6+/m0/s1/i1D2,2D2,5D. The molecule has 0 spiro atoms. The van der Waals surface area contributed by atoms with E-state index in [-0.39, 0.29) is 6.61 Å². The predicted molar refractivity (Wildman–Crippen MR) is 29.8 cm³/mol. The smallest absolute Gasteiger partial charge is 0.163 e. The first-order valence-corrected chi connectivity index (χ1v) is 2.70. The summed E-state index contributed by atoms with van der Waals surface area (Å²) >= 11 is 0. The molecule has 0 aromatic heterocycles. The molecule has 0 aliphatic carbocycles. The number of rotatable bonds is 0. The van der Waals surface area contributed by atoms with Crippen LogP contribution < -0.4 is 0 Å². The Morgan fingerprint density at radius 2 is 2.56 bits per heavy atom. The first-order chi connectivity index (χ1) is 6.18. The summed E-state index contributed by atoms with van der Waals surface area (Å²) in [6.45, 7) is -2.89. The van der Waals surface area contributed by atoms with E-state index in [0.29, 0.717) is 0 Å². The van der Waals surface area contributed by atoms with Crippen molar-refractivity contribution < 1.29 is 21.4 Å². The molecule has 2 heterocycles. The average molecular weight is 135 g/mol. The van der Waals surface area contributed by atoms with E-state index in [1.54, 1.807) is 0 Å². The molecule has 2 rings (SSSR count). The summed E-state index contributed by atoms with van der Waals surface area (Å²) in [4.78, 5) is 0. The first kappa shape index (κ1) is 2.49. The molecule has 0 unspecified atom stereocenters. The van der Waals surface area contributed by atoms with E-state index in [2.05, 4.69) is 4.74 Å². The van der Waals surface area contributed by atoms with Gasteiger partial charge in [0.1, 0.15) is 0 Å². The fourth-order valence-corrected chi connectivity index (χ4v) is 0.920. The highest BCUT2D eigenvalue weighted by atomic mass is 16.7. The van der Waals surface area contributed by atoms with Crippen LogP contribution in [0.4, 0.5) is 0 Å². The number of hydrogen-bond donors (Lipinski definition) is 1. The zero-order valence-electron chi connectivity index (χ0n) is 9.63. The van der Waals surface area contributed by atoms with Crippen molar-refractivity contribution in [3.05, 3.63) is 0 Å². The Hall–Kier alpha value is -0.120. The zero-order valence-corrected chi connectivity index (χ0v) is 4.63. The van der Waals surface area contributed by atoms with Gasteiger partial charge in [0.15, 0.2) is 6.29 Å². The normalized spacial score (nSPS) is 77.2. The summed E-state index contributed by atoms with van der Waals surface area (Å²) in [7, 11) is 0. The van der Waals surface area contributed by atoms with Crippen molar-refractivity contribution in [2.45, 2.75) is 18.7 Å². The zero-order chi connectivity index (χ0) is 10.8. The van der Waals surface area contributed by atoms with E-state index in [9.17, 15) is 5.11 Å². The molecule has 0 radical (unpaired) electrons. The molecule has 1 N–H and O–H groups in total. The molecule has 2 saturated heterocycles. The molecule has 0 amide bonds. The van der Waals surface area contributed by atoms with Crippen molar-refractivity contribution in [2.75, 3.05) is 13.2 Å². The Balaban J connectivity index is 2.39. The highest BCUT2D eigenvalue weighted by molar-refractivity contribution is 4.81. The predicted octanol–water partition coefficient (Wildman–Crippen LogP) is -0.260. The molecule has 2 fully saturated rings. The van der Waals surface area contributed by atoms with Gasteiger partial charge in [-0.3, -0.25) is 0 Å². The molecule has 0 aromatic carbocycles. The lowest BCUT2D eigenvalue weighted by atomic mass is 10.0. The molecule has 52 valence electrons. The quantitative estimate of drug-likeness (QED) is 0.497. The van der Waals surface area contributed by atoms with Crippen LogP contribution in [0.1, 0.15) is 13.2 Å². The van der Waals surface area contributed by atoms with E-state index < -0.39 is 31.2 Å². The molecule has 2 aliphatic rings. The minimum Gasteiger partial charge on any atom is -0.390 e. The Morgan fingerprint density at radius 3 is 3.33 bits per heavy atom. The summed E-state index contributed by atoms with van der Waals surface area (Å²) in [6.07, 6.45) is -5.73. The van der Waals surface area contributed by atoms with Crippen molar-refractivity contribution in [1.82, 2.24) is 0 Å². The minimum atomic E-state index is -2.53. The lowest BCUT2D eigenvalue weighted by molar-refractivity contribution is -0.0907. The first-order valence-electron chi connectivity index (χ1n) is 5.20. The second-order valence-corrected chi connectivity index (χ2v) is 2.01. The lowest BCUT2D eigenvalue weighted by Gasteiger charge is -2.06. The second-order valence-electron chi connectivity index (χ2n) is 2.01. The molecular formula is C6H10O3. The van der Waals surface area contributed by atoms with Crippen LogP contribution in [0.2, 0.25) is 0 Å². The fourth-order valence-electron chi connectivity index (χ4n) is 0.920. The van der Waals surface area contributed by atoms with Crippen LogP contribution in [0.3, 0.4) is 0 Å².